The summed E-state index contributed by atoms with van der Waals surface area (Å²) in [5, 5.41) is 0.840. The molecule has 0 aliphatic carbocycles. The first kappa shape index (κ1) is 17.4. The molecule has 0 saturated carbocycles. The molecule has 112 valence electrons. The van der Waals surface area contributed by atoms with Gasteiger partial charge in [-0.3, -0.25) is 14.6 Å². The monoisotopic (exact) mass is 327 g/mol. The van der Waals surface area contributed by atoms with Crippen molar-refractivity contribution in [2.45, 2.75) is 6.92 Å². The summed E-state index contributed by atoms with van der Waals surface area (Å²) < 4.78 is 4.59. The van der Waals surface area contributed by atoms with Gasteiger partial charge in [0.25, 0.3) is 0 Å². The molecule has 0 spiro atoms. The second-order valence-corrected chi connectivity index (χ2v) is 4.83. The van der Waals surface area contributed by atoms with Crippen molar-refractivity contribution in [1.82, 2.24) is 0 Å². The highest BCUT2D eigenvalue weighted by Crippen LogP contribution is 2.25. The van der Waals surface area contributed by atoms with E-state index in [2.05, 4.69) is 9.73 Å². The SMILES string of the molecule is CCN=CC(C(=O)C=Cc1c(Cl)cccc1Cl)C(=O)OC. The zero-order chi connectivity index (χ0) is 15.8. The smallest absolute Gasteiger partial charge is 0.322 e. The quantitative estimate of drug-likeness (QED) is 0.348. The van der Waals surface area contributed by atoms with Gasteiger partial charge in [0.1, 0.15) is 0 Å². The van der Waals surface area contributed by atoms with Crippen molar-refractivity contribution in [1.29, 1.82) is 0 Å². The fourth-order valence-electron chi connectivity index (χ4n) is 1.53. The molecule has 0 heterocycles. The van der Waals surface area contributed by atoms with Gasteiger partial charge in [-0.05, 0) is 31.2 Å². The number of rotatable bonds is 6. The van der Waals surface area contributed by atoms with E-state index in [4.69, 9.17) is 23.2 Å². The van der Waals surface area contributed by atoms with Gasteiger partial charge in [-0.25, -0.2) is 0 Å². The number of benzene rings is 1. The van der Waals surface area contributed by atoms with E-state index in [1.807, 2.05) is 0 Å². The highest BCUT2D eigenvalue weighted by molar-refractivity contribution is 6.37. The molecule has 0 amide bonds. The van der Waals surface area contributed by atoms with Crippen molar-refractivity contribution in [2.75, 3.05) is 13.7 Å². The van der Waals surface area contributed by atoms with Crippen LogP contribution in [0.25, 0.3) is 6.08 Å². The Morgan fingerprint density at radius 3 is 2.48 bits per heavy atom. The van der Waals surface area contributed by atoms with Crippen LogP contribution in [0.1, 0.15) is 12.5 Å². The Hall–Kier alpha value is -1.65. The molecule has 0 saturated heterocycles. The summed E-state index contributed by atoms with van der Waals surface area (Å²) in [6.07, 6.45) is 4.01. The number of halogens is 2. The number of aliphatic imine (C=N–C) groups is 1. The summed E-state index contributed by atoms with van der Waals surface area (Å²) in [6, 6.07) is 5.02. The van der Waals surface area contributed by atoms with Gasteiger partial charge in [-0.1, -0.05) is 29.3 Å². The second kappa shape index (κ2) is 8.60. The van der Waals surface area contributed by atoms with Crippen molar-refractivity contribution in [3.05, 3.63) is 39.9 Å². The van der Waals surface area contributed by atoms with Gasteiger partial charge in [0.2, 0.25) is 0 Å². The third kappa shape index (κ3) is 4.99. The van der Waals surface area contributed by atoms with Crippen molar-refractivity contribution < 1.29 is 14.3 Å². The van der Waals surface area contributed by atoms with Crippen LogP contribution < -0.4 is 0 Å². The molecule has 0 aliphatic heterocycles. The molecule has 0 fully saturated rings. The van der Waals surface area contributed by atoms with Gasteiger partial charge < -0.3 is 4.74 Å². The van der Waals surface area contributed by atoms with E-state index in [1.165, 1.54) is 25.5 Å². The third-order valence-corrected chi connectivity index (χ3v) is 3.27. The number of nitrogens with zero attached hydrogens (tertiary/aromatic N) is 1. The molecule has 1 rings (SSSR count). The number of carbonyl (C=O) groups is 2. The van der Waals surface area contributed by atoms with Gasteiger partial charge >= 0.3 is 5.97 Å². The number of carbonyl (C=O) groups excluding carboxylic acids is 2. The summed E-state index contributed by atoms with van der Waals surface area (Å²) in [7, 11) is 1.22. The third-order valence-electron chi connectivity index (χ3n) is 2.61. The predicted molar refractivity (Wildman–Crippen MR) is 85.0 cm³/mol. The molecule has 1 atom stereocenters. The van der Waals surface area contributed by atoms with E-state index in [9.17, 15) is 9.59 Å². The van der Waals surface area contributed by atoms with E-state index in [-0.39, 0.29) is 0 Å². The molecular formula is C15H15Cl2NO3. The van der Waals surface area contributed by atoms with Crippen LogP contribution in [0.4, 0.5) is 0 Å². The lowest BCUT2D eigenvalue weighted by atomic mass is 10.0. The summed E-state index contributed by atoms with van der Waals surface area (Å²) in [6.45, 7) is 2.27. The van der Waals surface area contributed by atoms with E-state index >= 15 is 0 Å². The van der Waals surface area contributed by atoms with E-state index in [0.29, 0.717) is 22.2 Å². The largest absolute Gasteiger partial charge is 0.468 e. The molecule has 1 unspecified atom stereocenters. The fraction of sp³-hybridized carbons (Fsp3) is 0.267. The van der Waals surface area contributed by atoms with Crippen LogP contribution >= 0.6 is 23.2 Å². The average Bonchev–Trinajstić information content (AvgIpc) is 2.46. The normalized spacial score (nSPS) is 12.8. The summed E-state index contributed by atoms with van der Waals surface area (Å²) in [4.78, 5) is 27.6. The van der Waals surface area contributed by atoms with Crippen LogP contribution in [0.2, 0.25) is 10.0 Å². The highest BCUT2D eigenvalue weighted by Gasteiger charge is 2.23. The Labute approximate surface area is 133 Å². The Bertz CT molecular complexity index is 562. The van der Waals surface area contributed by atoms with Crippen LogP contribution in [-0.2, 0) is 14.3 Å². The van der Waals surface area contributed by atoms with Crippen molar-refractivity contribution in [3.63, 3.8) is 0 Å². The molecule has 0 aromatic heterocycles. The Morgan fingerprint density at radius 1 is 1.33 bits per heavy atom. The summed E-state index contributed by atoms with van der Waals surface area (Å²) in [5.41, 5.74) is 0.519. The second-order valence-electron chi connectivity index (χ2n) is 4.02. The van der Waals surface area contributed by atoms with Gasteiger partial charge in [0.15, 0.2) is 11.7 Å². The van der Waals surface area contributed by atoms with Crippen molar-refractivity contribution in [3.8, 4) is 0 Å². The number of ether oxygens (including phenoxy) is 1. The number of ketones is 1. The zero-order valence-electron chi connectivity index (χ0n) is 11.7. The van der Waals surface area contributed by atoms with E-state index < -0.39 is 17.7 Å². The molecule has 0 bridgehead atoms. The molecule has 1 aromatic rings. The maximum Gasteiger partial charge on any atom is 0.322 e. The molecule has 1 aromatic carbocycles. The molecule has 0 radical (unpaired) electrons. The topological polar surface area (TPSA) is 55.7 Å². The maximum absolute atomic E-state index is 12.1. The van der Waals surface area contributed by atoms with Crippen LogP contribution in [0.15, 0.2) is 29.3 Å². The molecule has 21 heavy (non-hydrogen) atoms. The lowest BCUT2D eigenvalue weighted by Gasteiger charge is -2.06. The highest BCUT2D eigenvalue weighted by atomic mass is 35.5. The van der Waals surface area contributed by atoms with Gasteiger partial charge in [-0.2, -0.15) is 0 Å². The first-order chi connectivity index (χ1) is 10.0. The number of hydrogen-bond acceptors (Lipinski definition) is 4. The Morgan fingerprint density at radius 2 is 1.95 bits per heavy atom. The standard InChI is InChI=1S/C15H15Cl2NO3/c1-3-18-9-11(15(20)21-2)14(19)8-7-10-12(16)5-4-6-13(10)17/h4-9,11H,3H2,1-2H3. The Balaban J connectivity index is 2.98. The molecule has 6 heteroatoms. The van der Waals surface area contributed by atoms with Gasteiger partial charge in [0, 0.05) is 28.4 Å². The summed E-state index contributed by atoms with van der Waals surface area (Å²) in [5.74, 6) is -2.17. The van der Waals surface area contributed by atoms with Crippen molar-refractivity contribution in [2.24, 2.45) is 10.9 Å². The van der Waals surface area contributed by atoms with Gasteiger partial charge in [-0.15, -0.1) is 0 Å². The van der Waals surface area contributed by atoms with E-state index in [1.54, 1.807) is 25.1 Å². The van der Waals surface area contributed by atoms with Crippen LogP contribution in [0, 0.1) is 5.92 Å². The first-order valence-corrected chi connectivity index (χ1v) is 7.00. The van der Waals surface area contributed by atoms with E-state index in [0.717, 1.165) is 0 Å². The fourth-order valence-corrected chi connectivity index (χ4v) is 2.05. The predicted octanol–water partition coefficient (Wildman–Crippen LogP) is 3.46. The van der Waals surface area contributed by atoms with Gasteiger partial charge in [0.05, 0.1) is 7.11 Å². The molecule has 0 aliphatic rings. The average molecular weight is 328 g/mol. The minimum Gasteiger partial charge on any atom is -0.468 e. The summed E-state index contributed by atoms with van der Waals surface area (Å²) >= 11 is 12.0. The van der Waals surface area contributed by atoms with Crippen LogP contribution in [0.3, 0.4) is 0 Å². The van der Waals surface area contributed by atoms with Crippen molar-refractivity contribution >= 4 is 47.2 Å². The first-order valence-electron chi connectivity index (χ1n) is 6.25. The maximum atomic E-state index is 12.1. The zero-order valence-corrected chi connectivity index (χ0v) is 13.2. The molecule has 4 nitrogen and oxygen atoms in total. The number of hydrogen-bond donors (Lipinski definition) is 0. The molecular weight excluding hydrogens is 313 g/mol. The number of esters is 1. The lowest BCUT2D eigenvalue weighted by molar-refractivity contribution is -0.145. The Kier molecular flexibility index (Phi) is 7.12. The minimum absolute atomic E-state index is 0.420. The minimum atomic E-state index is -1.06. The van der Waals surface area contributed by atoms with Crippen LogP contribution in [0.5, 0.6) is 0 Å². The number of allylic oxidation sites excluding steroid dienone is 1. The lowest BCUT2D eigenvalue weighted by Crippen LogP contribution is -2.25. The van der Waals surface area contributed by atoms with Crippen LogP contribution in [-0.4, -0.2) is 31.6 Å². The molecule has 0 N–H and O–H groups in total. The number of methoxy groups -OCH3 is 1.